The van der Waals surface area contributed by atoms with Crippen LogP contribution in [0.2, 0.25) is 0 Å². The number of methoxy groups -OCH3 is 1. The first-order chi connectivity index (χ1) is 13.6. The van der Waals surface area contributed by atoms with E-state index in [-0.39, 0.29) is 28.5 Å². The van der Waals surface area contributed by atoms with Gasteiger partial charge in [-0.15, -0.1) is 0 Å². The fourth-order valence-corrected chi connectivity index (χ4v) is 4.86. The fourth-order valence-electron chi connectivity index (χ4n) is 3.71. The Morgan fingerprint density at radius 2 is 1.97 bits per heavy atom. The predicted octanol–water partition coefficient (Wildman–Crippen LogP) is 2.77. The van der Waals surface area contributed by atoms with Crippen molar-refractivity contribution in [1.29, 1.82) is 0 Å². The van der Waals surface area contributed by atoms with Crippen molar-refractivity contribution in [2.45, 2.75) is 44.9 Å². The molecule has 3 rings (SSSR count). The molecule has 1 atom stereocenters. The number of carbonyl (C=O) groups is 1. The number of aryl methyl sites for hydroxylation is 1. The molecule has 8 heteroatoms. The van der Waals surface area contributed by atoms with Crippen LogP contribution in [0.1, 0.15) is 48.9 Å². The van der Waals surface area contributed by atoms with Crippen molar-refractivity contribution < 1.29 is 17.9 Å². The lowest BCUT2D eigenvalue weighted by molar-refractivity contribution is 0.0949. The maximum absolute atomic E-state index is 12.6. The van der Waals surface area contributed by atoms with Crippen LogP contribution in [0, 0.1) is 11.3 Å². The van der Waals surface area contributed by atoms with Crippen molar-refractivity contribution in [3.8, 4) is 5.75 Å². The maximum atomic E-state index is 12.6. The number of sulfone groups is 1. The lowest BCUT2D eigenvalue weighted by atomic mass is 9.71. The van der Waals surface area contributed by atoms with Crippen LogP contribution in [0.25, 0.3) is 0 Å². The second-order valence-electron chi connectivity index (χ2n) is 8.59. The lowest BCUT2D eigenvalue weighted by Gasteiger charge is -2.33. The fraction of sp³-hybridized carbons (Fsp3) is 0.524. The summed E-state index contributed by atoms with van der Waals surface area (Å²) in [6.07, 6.45) is 2.76. The van der Waals surface area contributed by atoms with E-state index in [9.17, 15) is 13.2 Å². The number of aromatic nitrogens is 2. The van der Waals surface area contributed by atoms with Gasteiger partial charge in [0.1, 0.15) is 5.75 Å². The van der Waals surface area contributed by atoms with Gasteiger partial charge in [-0.25, -0.2) is 8.42 Å². The van der Waals surface area contributed by atoms with Gasteiger partial charge in [-0.1, -0.05) is 20.8 Å². The molecule has 0 saturated heterocycles. The zero-order valence-corrected chi connectivity index (χ0v) is 18.2. The number of nitrogens with zero attached hydrogens (tertiary/aromatic N) is 1. The molecule has 158 valence electrons. The van der Waals surface area contributed by atoms with Gasteiger partial charge >= 0.3 is 0 Å². The topological polar surface area (TPSA) is 101 Å². The largest absolute Gasteiger partial charge is 0.497 e. The number of H-pyrrole nitrogens is 1. The van der Waals surface area contributed by atoms with Gasteiger partial charge < -0.3 is 10.1 Å². The summed E-state index contributed by atoms with van der Waals surface area (Å²) in [7, 11) is -1.97. The molecule has 0 spiro atoms. The Hall–Kier alpha value is -2.35. The van der Waals surface area contributed by atoms with Crippen molar-refractivity contribution in [2.75, 3.05) is 19.4 Å². The Balaban J connectivity index is 1.62. The van der Waals surface area contributed by atoms with E-state index in [1.54, 1.807) is 12.1 Å². The summed E-state index contributed by atoms with van der Waals surface area (Å²) < 4.78 is 30.0. The quantitative estimate of drug-likeness (QED) is 0.750. The van der Waals surface area contributed by atoms with Crippen LogP contribution in [0.3, 0.4) is 0 Å². The van der Waals surface area contributed by atoms with Crippen molar-refractivity contribution >= 4 is 15.7 Å². The van der Waals surface area contributed by atoms with Gasteiger partial charge in [-0.2, -0.15) is 5.10 Å². The summed E-state index contributed by atoms with van der Waals surface area (Å²) >= 11 is 0. The van der Waals surface area contributed by atoms with Crippen LogP contribution in [-0.4, -0.2) is 43.9 Å². The van der Waals surface area contributed by atoms with Crippen molar-refractivity contribution in [2.24, 2.45) is 11.3 Å². The molecular weight excluding hydrogens is 390 g/mol. The number of fused-ring (bicyclic) bond motifs is 1. The van der Waals surface area contributed by atoms with Crippen LogP contribution in [0.5, 0.6) is 5.75 Å². The SMILES string of the molecule is COc1ccc(S(=O)(=O)CCNC(=O)c2n[nH]c3c2C[C@@H](C(C)(C)C)CC3)cc1. The Morgan fingerprint density at radius 1 is 1.28 bits per heavy atom. The smallest absolute Gasteiger partial charge is 0.272 e. The number of carbonyl (C=O) groups excluding carboxylic acids is 1. The highest BCUT2D eigenvalue weighted by molar-refractivity contribution is 7.91. The molecule has 1 heterocycles. The first-order valence-electron chi connectivity index (χ1n) is 9.83. The van der Waals surface area contributed by atoms with E-state index in [2.05, 4.69) is 36.3 Å². The van der Waals surface area contributed by atoms with Crippen LogP contribution in [-0.2, 0) is 22.7 Å². The van der Waals surface area contributed by atoms with E-state index in [0.717, 1.165) is 30.5 Å². The summed E-state index contributed by atoms with van der Waals surface area (Å²) in [5.41, 5.74) is 2.53. The number of ether oxygens (including phenoxy) is 1. The number of amides is 1. The molecule has 7 nitrogen and oxygen atoms in total. The van der Waals surface area contributed by atoms with Gasteiger partial charge in [0, 0.05) is 17.8 Å². The van der Waals surface area contributed by atoms with Crippen molar-refractivity contribution in [3.63, 3.8) is 0 Å². The molecule has 0 bridgehead atoms. The predicted molar refractivity (Wildman–Crippen MR) is 111 cm³/mol. The molecule has 0 fully saturated rings. The highest BCUT2D eigenvalue weighted by Gasteiger charge is 2.32. The summed E-state index contributed by atoms with van der Waals surface area (Å²) in [5.74, 6) is 0.563. The minimum Gasteiger partial charge on any atom is -0.497 e. The number of nitrogens with one attached hydrogen (secondary N) is 2. The van der Waals surface area contributed by atoms with E-state index >= 15 is 0 Å². The lowest BCUT2D eigenvalue weighted by Crippen LogP contribution is -2.32. The highest BCUT2D eigenvalue weighted by Crippen LogP contribution is 2.37. The van der Waals surface area contributed by atoms with Gasteiger partial charge in [0.2, 0.25) is 0 Å². The third kappa shape index (κ3) is 4.80. The molecule has 1 aliphatic rings. The van der Waals surface area contributed by atoms with Gasteiger partial charge in [0.15, 0.2) is 15.5 Å². The number of hydrogen-bond donors (Lipinski definition) is 2. The zero-order chi connectivity index (χ0) is 21.2. The van der Waals surface area contributed by atoms with Gasteiger partial charge in [-0.3, -0.25) is 9.89 Å². The first-order valence-corrected chi connectivity index (χ1v) is 11.5. The van der Waals surface area contributed by atoms with Crippen LogP contribution >= 0.6 is 0 Å². The molecule has 1 aliphatic carbocycles. The molecule has 0 aliphatic heterocycles. The highest BCUT2D eigenvalue weighted by atomic mass is 32.2. The number of benzene rings is 1. The second-order valence-corrected chi connectivity index (χ2v) is 10.7. The molecule has 0 saturated carbocycles. The minimum absolute atomic E-state index is 0.0253. The van der Waals surface area contributed by atoms with Crippen LogP contribution < -0.4 is 10.1 Å². The average molecular weight is 420 g/mol. The third-order valence-corrected chi connectivity index (χ3v) is 7.39. The van der Waals surface area contributed by atoms with Gasteiger partial charge in [-0.05, 0) is 54.9 Å². The molecular formula is C21H29N3O4S. The van der Waals surface area contributed by atoms with Gasteiger partial charge in [0.25, 0.3) is 5.91 Å². The summed E-state index contributed by atoms with van der Waals surface area (Å²) in [4.78, 5) is 12.8. The normalized spacial score (nSPS) is 16.9. The Bertz CT molecular complexity index is 972. The molecule has 0 radical (unpaired) electrons. The molecule has 0 unspecified atom stereocenters. The van der Waals surface area contributed by atoms with Gasteiger partial charge in [0.05, 0.1) is 17.8 Å². The Kier molecular flexibility index (Phi) is 6.03. The number of aromatic amines is 1. The Morgan fingerprint density at radius 3 is 2.59 bits per heavy atom. The van der Waals surface area contributed by atoms with E-state index < -0.39 is 9.84 Å². The van der Waals surface area contributed by atoms with Crippen LogP contribution in [0.4, 0.5) is 0 Å². The first kappa shape index (κ1) is 21.4. The summed E-state index contributed by atoms with van der Waals surface area (Å²) in [6, 6.07) is 6.22. The standard InChI is InChI=1S/C21H29N3O4S/c1-21(2,3)14-5-10-18-17(13-14)19(24-23-18)20(25)22-11-12-29(26,27)16-8-6-15(28-4)7-9-16/h6-9,14H,5,10-13H2,1-4H3,(H,22,25)(H,23,24)/t14-/m0/s1. The molecule has 1 amide bonds. The van der Waals surface area contributed by atoms with Crippen molar-refractivity contribution in [3.05, 3.63) is 41.2 Å². The number of rotatable bonds is 6. The summed E-state index contributed by atoms with van der Waals surface area (Å²) in [6.45, 7) is 6.67. The monoisotopic (exact) mass is 419 g/mol. The zero-order valence-electron chi connectivity index (χ0n) is 17.4. The summed E-state index contributed by atoms with van der Waals surface area (Å²) in [5, 5.41) is 9.90. The molecule has 29 heavy (non-hydrogen) atoms. The van der Waals surface area contributed by atoms with E-state index in [1.165, 1.54) is 19.2 Å². The number of hydrogen-bond acceptors (Lipinski definition) is 5. The van der Waals surface area contributed by atoms with E-state index in [1.807, 2.05) is 0 Å². The molecule has 2 N–H and O–H groups in total. The van der Waals surface area contributed by atoms with E-state index in [0.29, 0.717) is 17.4 Å². The molecule has 1 aromatic heterocycles. The van der Waals surface area contributed by atoms with E-state index in [4.69, 9.17) is 4.74 Å². The second kappa shape index (κ2) is 8.18. The average Bonchev–Trinajstić information content (AvgIpc) is 3.10. The Labute approximate surface area is 172 Å². The van der Waals surface area contributed by atoms with Crippen molar-refractivity contribution in [1.82, 2.24) is 15.5 Å². The minimum atomic E-state index is -3.49. The molecule has 1 aromatic carbocycles. The van der Waals surface area contributed by atoms with Crippen LogP contribution in [0.15, 0.2) is 29.2 Å². The molecule has 2 aromatic rings. The third-order valence-electron chi connectivity index (χ3n) is 5.66. The maximum Gasteiger partial charge on any atom is 0.272 e.